The lowest BCUT2D eigenvalue weighted by atomic mass is 9.92. The van der Waals surface area contributed by atoms with E-state index in [1.54, 1.807) is 55.6 Å². The summed E-state index contributed by atoms with van der Waals surface area (Å²) >= 11 is 5.86. The minimum Gasteiger partial charge on any atom is -0.497 e. The van der Waals surface area contributed by atoms with Gasteiger partial charge in [-0.2, -0.15) is 4.98 Å². The fourth-order valence-corrected chi connectivity index (χ4v) is 3.35. The summed E-state index contributed by atoms with van der Waals surface area (Å²) in [5, 5.41) is 8.77. The van der Waals surface area contributed by atoms with Crippen LogP contribution in [0.3, 0.4) is 0 Å². The van der Waals surface area contributed by atoms with Gasteiger partial charge in [0.25, 0.3) is 5.56 Å². The van der Waals surface area contributed by atoms with Crippen LogP contribution in [-0.2, 0) is 9.59 Å². The number of rotatable bonds is 5. The number of aromatic nitrogens is 2. The highest BCUT2D eigenvalue weighted by Gasteiger charge is 2.34. The fourth-order valence-electron chi connectivity index (χ4n) is 3.23. The highest BCUT2D eigenvalue weighted by Crippen LogP contribution is 2.30. The number of methoxy groups -OCH3 is 1. The van der Waals surface area contributed by atoms with Crippen molar-refractivity contribution >= 4 is 46.6 Å². The van der Waals surface area contributed by atoms with Crippen molar-refractivity contribution in [2.75, 3.05) is 23.1 Å². The molecule has 0 spiro atoms. The van der Waals surface area contributed by atoms with Gasteiger partial charge in [0.05, 0.1) is 18.6 Å². The van der Waals surface area contributed by atoms with Crippen LogP contribution in [0.2, 0.25) is 5.02 Å². The molecule has 0 saturated carbocycles. The van der Waals surface area contributed by atoms with E-state index in [2.05, 4.69) is 25.9 Å². The lowest BCUT2D eigenvalue weighted by Gasteiger charge is -2.23. The predicted molar refractivity (Wildman–Crippen MR) is 117 cm³/mol. The van der Waals surface area contributed by atoms with E-state index in [0.717, 1.165) is 0 Å². The largest absolute Gasteiger partial charge is 0.497 e. The quantitative estimate of drug-likeness (QED) is 0.483. The Morgan fingerprint density at radius 1 is 1.10 bits per heavy atom. The molecule has 0 aliphatic carbocycles. The standard InChI is InChI=1S/C21H18ClN5O4/c1-31-14-8-6-13(7-9-14)24-21-26-18-17(20(30)27-21)15(10-16(28)25-18)19(29)23-12-4-2-11(22)3-5-12/h2-9,15H,10H2,1H3,(H,23,29)(H3,24,25,26,27,28,30)/t15-/m1/s1. The van der Waals surface area contributed by atoms with Crippen molar-refractivity contribution in [3.63, 3.8) is 0 Å². The van der Waals surface area contributed by atoms with Gasteiger partial charge < -0.3 is 20.7 Å². The molecule has 1 aliphatic heterocycles. The zero-order valence-corrected chi connectivity index (χ0v) is 17.1. The average Bonchev–Trinajstić information content (AvgIpc) is 2.75. The van der Waals surface area contributed by atoms with E-state index in [1.807, 2.05) is 0 Å². The summed E-state index contributed by atoms with van der Waals surface area (Å²) in [5.74, 6) is -1.01. The van der Waals surface area contributed by atoms with E-state index < -0.39 is 23.3 Å². The third-order valence-electron chi connectivity index (χ3n) is 4.73. The maximum atomic E-state index is 12.8. The van der Waals surface area contributed by atoms with Crippen LogP contribution >= 0.6 is 11.6 Å². The number of nitrogens with zero attached hydrogens (tertiary/aromatic N) is 1. The van der Waals surface area contributed by atoms with Crippen LogP contribution in [0.25, 0.3) is 0 Å². The number of hydrogen-bond donors (Lipinski definition) is 4. The van der Waals surface area contributed by atoms with Gasteiger partial charge in [-0.05, 0) is 48.5 Å². The molecule has 1 aromatic heterocycles. The van der Waals surface area contributed by atoms with Gasteiger partial charge >= 0.3 is 0 Å². The first kappa shape index (κ1) is 20.4. The highest BCUT2D eigenvalue weighted by molar-refractivity contribution is 6.30. The topological polar surface area (TPSA) is 125 Å². The lowest BCUT2D eigenvalue weighted by Crippen LogP contribution is -2.36. The fraction of sp³-hybridized carbons (Fsp3) is 0.143. The van der Waals surface area contributed by atoms with Gasteiger partial charge in [0.2, 0.25) is 17.8 Å². The van der Waals surface area contributed by atoms with Crippen molar-refractivity contribution < 1.29 is 14.3 Å². The van der Waals surface area contributed by atoms with Crippen LogP contribution in [0.5, 0.6) is 5.75 Å². The molecule has 0 radical (unpaired) electrons. The number of nitrogens with one attached hydrogen (secondary N) is 4. The number of amides is 2. The molecule has 3 aromatic rings. The maximum Gasteiger partial charge on any atom is 0.258 e. The molecule has 0 saturated heterocycles. The Morgan fingerprint density at radius 3 is 2.45 bits per heavy atom. The van der Waals surface area contributed by atoms with Crippen LogP contribution in [0.4, 0.5) is 23.1 Å². The van der Waals surface area contributed by atoms with Crippen molar-refractivity contribution in [2.24, 2.45) is 0 Å². The van der Waals surface area contributed by atoms with Crippen molar-refractivity contribution in [1.82, 2.24) is 9.97 Å². The zero-order valence-electron chi connectivity index (χ0n) is 16.4. The molecule has 4 rings (SSSR count). The molecular formula is C21H18ClN5O4. The van der Waals surface area contributed by atoms with Gasteiger partial charge in [-0.1, -0.05) is 11.6 Å². The molecule has 2 amide bonds. The van der Waals surface area contributed by atoms with E-state index in [-0.39, 0.29) is 23.8 Å². The summed E-state index contributed by atoms with van der Waals surface area (Å²) < 4.78 is 5.11. The van der Waals surface area contributed by atoms with E-state index >= 15 is 0 Å². The molecular weight excluding hydrogens is 422 g/mol. The highest BCUT2D eigenvalue weighted by atomic mass is 35.5. The second-order valence-electron chi connectivity index (χ2n) is 6.83. The monoisotopic (exact) mass is 439 g/mol. The molecule has 31 heavy (non-hydrogen) atoms. The Kier molecular flexibility index (Phi) is 5.59. The van der Waals surface area contributed by atoms with Crippen LogP contribution in [0, 0.1) is 0 Å². The average molecular weight is 440 g/mol. The number of ether oxygens (including phenoxy) is 1. The van der Waals surface area contributed by atoms with Gasteiger partial charge in [0, 0.05) is 22.8 Å². The SMILES string of the molecule is COc1ccc(Nc2nc3c(c(=O)[nH]2)[C@H](C(=O)Nc2ccc(Cl)cc2)CC(=O)N3)cc1. The van der Waals surface area contributed by atoms with E-state index in [1.165, 1.54) is 0 Å². The van der Waals surface area contributed by atoms with Crippen molar-refractivity contribution in [1.29, 1.82) is 0 Å². The van der Waals surface area contributed by atoms with Gasteiger partial charge in [-0.15, -0.1) is 0 Å². The predicted octanol–water partition coefficient (Wildman–Crippen LogP) is 3.24. The summed E-state index contributed by atoms with van der Waals surface area (Å²) in [4.78, 5) is 44.7. The molecule has 2 aromatic carbocycles. The third kappa shape index (κ3) is 4.51. The molecule has 0 unspecified atom stereocenters. The van der Waals surface area contributed by atoms with Crippen molar-refractivity contribution in [3.8, 4) is 5.75 Å². The molecule has 158 valence electrons. The van der Waals surface area contributed by atoms with Gasteiger partial charge in [0.15, 0.2) is 0 Å². The number of carbonyl (C=O) groups excluding carboxylic acids is 2. The Bertz CT molecular complexity index is 1190. The number of aromatic amines is 1. The van der Waals surface area contributed by atoms with Crippen molar-refractivity contribution in [3.05, 3.63) is 69.5 Å². The number of benzene rings is 2. The Balaban J connectivity index is 1.60. The molecule has 1 aliphatic rings. The summed E-state index contributed by atoms with van der Waals surface area (Å²) in [6, 6.07) is 13.5. The first-order chi connectivity index (χ1) is 14.9. The number of anilines is 4. The molecule has 2 heterocycles. The normalized spacial score (nSPS) is 14.9. The summed E-state index contributed by atoms with van der Waals surface area (Å²) in [5.41, 5.74) is 0.746. The van der Waals surface area contributed by atoms with Crippen molar-refractivity contribution in [2.45, 2.75) is 12.3 Å². The van der Waals surface area contributed by atoms with Gasteiger partial charge in [-0.3, -0.25) is 19.4 Å². The number of hydrogen-bond acceptors (Lipinski definition) is 6. The first-order valence-electron chi connectivity index (χ1n) is 9.34. The lowest BCUT2D eigenvalue weighted by molar-refractivity contribution is -0.123. The summed E-state index contributed by atoms with van der Waals surface area (Å²) in [6.07, 6.45) is -0.164. The Hall–Kier alpha value is -3.85. The van der Waals surface area contributed by atoms with E-state index in [4.69, 9.17) is 16.3 Å². The Labute approximate surface area is 181 Å². The van der Waals surface area contributed by atoms with Gasteiger partial charge in [0.1, 0.15) is 11.6 Å². The summed E-state index contributed by atoms with van der Waals surface area (Å²) in [7, 11) is 1.56. The molecule has 10 heteroatoms. The van der Waals surface area contributed by atoms with E-state index in [9.17, 15) is 14.4 Å². The maximum absolute atomic E-state index is 12.8. The smallest absolute Gasteiger partial charge is 0.258 e. The van der Waals surface area contributed by atoms with Crippen LogP contribution < -0.4 is 26.2 Å². The minimum atomic E-state index is -0.981. The molecule has 0 fully saturated rings. The number of halogens is 1. The second-order valence-corrected chi connectivity index (χ2v) is 7.27. The molecule has 0 bridgehead atoms. The zero-order chi connectivity index (χ0) is 22.0. The molecule has 9 nitrogen and oxygen atoms in total. The first-order valence-corrected chi connectivity index (χ1v) is 9.72. The third-order valence-corrected chi connectivity index (χ3v) is 4.98. The van der Waals surface area contributed by atoms with Crippen LogP contribution in [0.1, 0.15) is 17.9 Å². The molecule has 4 N–H and O–H groups in total. The number of carbonyl (C=O) groups is 2. The van der Waals surface area contributed by atoms with Crippen LogP contribution in [-0.4, -0.2) is 28.9 Å². The number of H-pyrrole nitrogens is 1. The second kappa shape index (κ2) is 8.49. The molecule has 1 atom stereocenters. The van der Waals surface area contributed by atoms with Crippen LogP contribution in [0.15, 0.2) is 53.3 Å². The minimum absolute atomic E-state index is 0.0484. The summed E-state index contributed by atoms with van der Waals surface area (Å²) in [6.45, 7) is 0. The van der Waals surface area contributed by atoms with Gasteiger partial charge in [-0.25, -0.2) is 0 Å². The Morgan fingerprint density at radius 2 is 1.77 bits per heavy atom. The van der Waals surface area contributed by atoms with E-state index in [0.29, 0.717) is 22.1 Å². The number of fused-ring (bicyclic) bond motifs is 1.